The highest BCUT2D eigenvalue weighted by atomic mass is 16.2. The van der Waals surface area contributed by atoms with Gasteiger partial charge in [-0.05, 0) is 30.9 Å². The third-order valence-electron chi connectivity index (χ3n) is 3.91. The Bertz CT molecular complexity index is 404. The van der Waals surface area contributed by atoms with Crippen molar-refractivity contribution in [3.05, 3.63) is 35.9 Å². The van der Waals surface area contributed by atoms with Crippen LogP contribution >= 0.6 is 0 Å². The Morgan fingerprint density at radius 3 is 2.74 bits per heavy atom. The molecule has 3 heteroatoms. The molecule has 0 aromatic heterocycles. The van der Waals surface area contributed by atoms with Gasteiger partial charge in [-0.25, -0.2) is 0 Å². The fourth-order valence-corrected chi connectivity index (χ4v) is 2.74. The Kier molecular flexibility index (Phi) is 4.97. The molecule has 1 saturated heterocycles. The molecule has 0 saturated carbocycles. The third kappa shape index (κ3) is 3.57. The van der Waals surface area contributed by atoms with Crippen molar-refractivity contribution in [2.24, 2.45) is 5.92 Å². The van der Waals surface area contributed by atoms with E-state index >= 15 is 0 Å². The maximum absolute atomic E-state index is 12.3. The molecule has 0 bridgehead atoms. The first kappa shape index (κ1) is 14.1. The summed E-state index contributed by atoms with van der Waals surface area (Å²) in [5, 5.41) is 6.50. The Morgan fingerprint density at radius 1 is 1.42 bits per heavy atom. The molecule has 2 N–H and O–H groups in total. The topological polar surface area (TPSA) is 41.1 Å². The summed E-state index contributed by atoms with van der Waals surface area (Å²) in [7, 11) is 0. The first-order valence-electron chi connectivity index (χ1n) is 7.31. The average molecular weight is 260 g/mol. The number of hydrogen-bond donors (Lipinski definition) is 2. The van der Waals surface area contributed by atoms with Crippen LogP contribution in [0.3, 0.4) is 0 Å². The van der Waals surface area contributed by atoms with Gasteiger partial charge in [-0.3, -0.25) is 4.79 Å². The highest BCUT2D eigenvalue weighted by Gasteiger charge is 2.30. The van der Waals surface area contributed by atoms with Crippen LogP contribution in [0.25, 0.3) is 0 Å². The number of carbonyl (C=O) groups is 1. The minimum Gasteiger partial charge on any atom is -0.348 e. The molecule has 1 aliphatic rings. The molecule has 3 nitrogen and oxygen atoms in total. The second-order valence-electron chi connectivity index (χ2n) is 5.46. The highest BCUT2D eigenvalue weighted by Crippen LogP contribution is 2.20. The van der Waals surface area contributed by atoms with Gasteiger partial charge in [0, 0.05) is 0 Å². The number of hydrogen-bond acceptors (Lipinski definition) is 2. The second-order valence-corrected chi connectivity index (χ2v) is 5.46. The standard InChI is InChI=1S/C16H24N2O/c1-3-7-14(13-8-5-4-6-9-13)18-16(19)15-12(2)10-11-17-15/h4-6,8-9,12,14-15,17H,3,7,10-11H2,1-2H3,(H,18,19). The van der Waals surface area contributed by atoms with Crippen molar-refractivity contribution in [2.45, 2.75) is 45.2 Å². The molecular formula is C16H24N2O. The van der Waals surface area contributed by atoms with Crippen LogP contribution in [0.15, 0.2) is 30.3 Å². The second kappa shape index (κ2) is 6.71. The molecule has 0 radical (unpaired) electrons. The van der Waals surface area contributed by atoms with E-state index in [1.807, 2.05) is 18.2 Å². The van der Waals surface area contributed by atoms with Gasteiger partial charge in [0.25, 0.3) is 0 Å². The molecule has 1 aliphatic heterocycles. The lowest BCUT2D eigenvalue weighted by molar-refractivity contribution is -0.124. The van der Waals surface area contributed by atoms with Crippen molar-refractivity contribution in [1.29, 1.82) is 0 Å². The minimum atomic E-state index is -0.0249. The SMILES string of the molecule is CCCC(NC(=O)C1NCCC1C)c1ccccc1. The number of nitrogens with one attached hydrogen (secondary N) is 2. The van der Waals surface area contributed by atoms with E-state index < -0.39 is 0 Å². The summed E-state index contributed by atoms with van der Waals surface area (Å²) in [6.45, 7) is 5.24. The summed E-state index contributed by atoms with van der Waals surface area (Å²) >= 11 is 0. The zero-order valence-corrected chi connectivity index (χ0v) is 11.9. The largest absolute Gasteiger partial charge is 0.348 e. The number of rotatable bonds is 5. The van der Waals surface area contributed by atoms with Crippen molar-refractivity contribution < 1.29 is 4.79 Å². The molecule has 3 unspecified atom stereocenters. The van der Waals surface area contributed by atoms with Gasteiger partial charge in [-0.15, -0.1) is 0 Å². The molecule has 1 aromatic rings. The van der Waals surface area contributed by atoms with Crippen LogP contribution in [0.5, 0.6) is 0 Å². The normalized spacial score (nSPS) is 24.1. The van der Waals surface area contributed by atoms with Gasteiger partial charge in [0.05, 0.1) is 12.1 Å². The highest BCUT2D eigenvalue weighted by molar-refractivity contribution is 5.82. The van der Waals surface area contributed by atoms with Crippen LogP contribution in [-0.2, 0) is 4.79 Å². The molecule has 1 heterocycles. The van der Waals surface area contributed by atoms with E-state index in [0.29, 0.717) is 5.92 Å². The predicted molar refractivity (Wildman–Crippen MR) is 77.8 cm³/mol. The van der Waals surface area contributed by atoms with E-state index in [9.17, 15) is 4.79 Å². The van der Waals surface area contributed by atoms with E-state index in [2.05, 4.69) is 36.6 Å². The van der Waals surface area contributed by atoms with Crippen molar-refractivity contribution >= 4 is 5.91 Å². The van der Waals surface area contributed by atoms with Crippen LogP contribution in [-0.4, -0.2) is 18.5 Å². The zero-order chi connectivity index (χ0) is 13.7. The monoisotopic (exact) mass is 260 g/mol. The molecule has 2 rings (SSSR count). The summed E-state index contributed by atoms with van der Waals surface area (Å²) in [6, 6.07) is 10.4. The van der Waals surface area contributed by atoms with Gasteiger partial charge >= 0.3 is 0 Å². The Morgan fingerprint density at radius 2 is 2.16 bits per heavy atom. The Hall–Kier alpha value is -1.35. The van der Waals surface area contributed by atoms with Crippen LogP contribution in [0.4, 0.5) is 0 Å². The molecule has 1 amide bonds. The fraction of sp³-hybridized carbons (Fsp3) is 0.562. The fourth-order valence-electron chi connectivity index (χ4n) is 2.74. The Labute approximate surface area is 115 Å². The molecule has 19 heavy (non-hydrogen) atoms. The lowest BCUT2D eigenvalue weighted by Crippen LogP contribution is -2.44. The summed E-state index contributed by atoms with van der Waals surface area (Å²) < 4.78 is 0. The smallest absolute Gasteiger partial charge is 0.237 e. The van der Waals surface area contributed by atoms with Crippen molar-refractivity contribution in [3.8, 4) is 0 Å². The summed E-state index contributed by atoms with van der Waals surface area (Å²) in [5.41, 5.74) is 1.20. The molecule has 1 fully saturated rings. The third-order valence-corrected chi connectivity index (χ3v) is 3.91. The van der Waals surface area contributed by atoms with Crippen LogP contribution in [0.2, 0.25) is 0 Å². The van der Waals surface area contributed by atoms with Crippen molar-refractivity contribution in [1.82, 2.24) is 10.6 Å². The average Bonchev–Trinajstić information content (AvgIpc) is 2.85. The van der Waals surface area contributed by atoms with E-state index in [1.54, 1.807) is 0 Å². The van der Waals surface area contributed by atoms with Gasteiger partial charge in [0.1, 0.15) is 0 Å². The maximum Gasteiger partial charge on any atom is 0.237 e. The number of carbonyl (C=O) groups excluding carboxylic acids is 1. The van der Waals surface area contributed by atoms with Crippen LogP contribution in [0.1, 0.15) is 44.7 Å². The quantitative estimate of drug-likeness (QED) is 0.854. The van der Waals surface area contributed by atoms with Crippen LogP contribution < -0.4 is 10.6 Å². The molecule has 0 aliphatic carbocycles. The van der Waals surface area contributed by atoms with Crippen LogP contribution in [0, 0.1) is 5.92 Å². The van der Waals surface area contributed by atoms with Gasteiger partial charge in [-0.2, -0.15) is 0 Å². The molecule has 1 aromatic carbocycles. The minimum absolute atomic E-state index is 0.0249. The molecule has 104 valence electrons. The molecule has 3 atom stereocenters. The lowest BCUT2D eigenvalue weighted by Gasteiger charge is -2.22. The van der Waals surface area contributed by atoms with Crippen molar-refractivity contribution in [2.75, 3.05) is 6.54 Å². The van der Waals surface area contributed by atoms with Crippen molar-refractivity contribution in [3.63, 3.8) is 0 Å². The van der Waals surface area contributed by atoms with Gasteiger partial charge < -0.3 is 10.6 Å². The number of amides is 1. The van der Waals surface area contributed by atoms with E-state index in [4.69, 9.17) is 0 Å². The summed E-state index contributed by atoms with van der Waals surface area (Å²) in [5.74, 6) is 0.574. The van der Waals surface area contributed by atoms with Gasteiger partial charge in [0.15, 0.2) is 0 Å². The Balaban J connectivity index is 2.02. The van der Waals surface area contributed by atoms with Gasteiger partial charge in [-0.1, -0.05) is 50.6 Å². The first-order valence-corrected chi connectivity index (χ1v) is 7.31. The number of benzene rings is 1. The maximum atomic E-state index is 12.3. The molecule has 0 spiro atoms. The van der Waals surface area contributed by atoms with E-state index in [0.717, 1.165) is 25.8 Å². The van der Waals surface area contributed by atoms with Gasteiger partial charge in [0.2, 0.25) is 5.91 Å². The zero-order valence-electron chi connectivity index (χ0n) is 11.9. The van der Waals surface area contributed by atoms with E-state index in [1.165, 1.54) is 5.56 Å². The summed E-state index contributed by atoms with van der Waals surface area (Å²) in [6.07, 6.45) is 3.13. The predicted octanol–water partition coefficient (Wildman–Crippen LogP) is 2.64. The lowest BCUT2D eigenvalue weighted by atomic mass is 9.99. The summed E-state index contributed by atoms with van der Waals surface area (Å²) in [4.78, 5) is 12.3. The molecular weight excluding hydrogens is 236 g/mol. The first-order chi connectivity index (χ1) is 9.22. The van der Waals surface area contributed by atoms with E-state index in [-0.39, 0.29) is 18.0 Å².